The third kappa shape index (κ3) is 4.94. The maximum absolute atomic E-state index is 5.54. The van der Waals surface area contributed by atoms with E-state index in [4.69, 9.17) is 4.74 Å². The summed E-state index contributed by atoms with van der Waals surface area (Å²) in [5.74, 6) is 1.32. The summed E-state index contributed by atoms with van der Waals surface area (Å²) >= 11 is 0. The van der Waals surface area contributed by atoms with Crippen LogP contribution in [0.1, 0.15) is 34.6 Å². The molecule has 17 heavy (non-hydrogen) atoms. The van der Waals surface area contributed by atoms with Crippen molar-refractivity contribution in [2.24, 2.45) is 17.3 Å². The Balaban J connectivity index is 2.22. The van der Waals surface area contributed by atoms with Gasteiger partial charge in [0.25, 0.3) is 0 Å². The van der Waals surface area contributed by atoms with Crippen LogP contribution in [0.15, 0.2) is 0 Å². The second-order valence-electron chi connectivity index (χ2n) is 6.39. The Morgan fingerprint density at radius 2 is 2.00 bits per heavy atom. The number of ether oxygens (including phenoxy) is 1. The molecule has 0 aromatic carbocycles. The van der Waals surface area contributed by atoms with E-state index in [1.807, 2.05) is 0 Å². The van der Waals surface area contributed by atoms with Crippen LogP contribution in [0.2, 0.25) is 0 Å². The molecule has 1 saturated heterocycles. The van der Waals surface area contributed by atoms with Crippen LogP contribution in [0.25, 0.3) is 0 Å². The largest absolute Gasteiger partial charge is 0.379 e. The highest BCUT2D eigenvalue weighted by Crippen LogP contribution is 2.24. The minimum absolute atomic E-state index is 0.389. The number of hydrogen-bond acceptors (Lipinski definition) is 3. The molecule has 0 saturated carbocycles. The molecule has 3 atom stereocenters. The Kier molecular flexibility index (Phi) is 5.90. The van der Waals surface area contributed by atoms with E-state index in [1.54, 1.807) is 0 Å². The van der Waals surface area contributed by atoms with Gasteiger partial charge in [0, 0.05) is 18.5 Å². The van der Waals surface area contributed by atoms with Crippen LogP contribution in [0.3, 0.4) is 0 Å². The normalized spacial score (nSPS) is 27.4. The molecule has 2 N–H and O–H groups in total. The highest BCUT2D eigenvalue weighted by Gasteiger charge is 2.27. The van der Waals surface area contributed by atoms with Crippen molar-refractivity contribution in [2.45, 2.75) is 40.7 Å². The number of hydrogen-bond donors (Lipinski definition) is 2. The summed E-state index contributed by atoms with van der Waals surface area (Å²) in [5, 5.41) is 7.10. The second-order valence-corrected chi connectivity index (χ2v) is 6.39. The summed E-state index contributed by atoms with van der Waals surface area (Å²) < 4.78 is 5.54. The van der Waals surface area contributed by atoms with E-state index in [2.05, 4.69) is 45.3 Å². The van der Waals surface area contributed by atoms with Gasteiger partial charge in [-0.25, -0.2) is 0 Å². The van der Waals surface area contributed by atoms with Gasteiger partial charge in [-0.1, -0.05) is 34.6 Å². The average molecular weight is 242 g/mol. The third-order valence-electron chi connectivity index (χ3n) is 4.00. The summed E-state index contributed by atoms with van der Waals surface area (Å²) in [7, 11) is 0. The van der Waals surface area contributed by atoms with Crippen molar-refractivity contribution in [3.63, 3.8) is 0 Å². The van der Waals surface area contributed by atoms with Crippen LogP contribution < -0.4 is 10.6 Å². The zero-order valence-electron chi connectivity index (χ0n) is 12.2. The minimum Gasteiger partial charge on any atom is -0.379 e. The standard InChI is InChI=1S/C14H30N2O/c1-6-16-13-10-17-9-12(13)8-15-7-11(2)14(3,4)5/h11-13,15-16H,6-10H2,1-5H3. The van der Waals surface area contributed by atoms with Gasteiger partial charge in [-0.05, 0) is 24.4 Å². The molecule has 3 unspecified atom stereocenters. The topological polar surface area (TPSA) is 33.3 Å². The highest BCUT2D eigenvalue weighted by atomic mass is 16.5. The third-order valence-corrected chi connectivity index (χ3v) is 4.00. The van der Waals surface area contributed by atoms with Gasteiger partial charge < -0.3 is 15.4 Å². The molecule has 102 valence electrons. The molecule has 0 radical (unpaired) electrons. The molecule has 3 nitrogen and oxygen atoms in total. The van der Waals surface area contributed by atoms with Gasteiger partial charge in [-0.15, -0.1) is 0 Å². The van der Waals surface area contributed by atoms with Gasteiger partial charge in [0.1, 0.15) is 0 Å². The van der Waals surface area contributed by atoms with Crippen molar-refractivity contribution < 1.29 is 4.74 Å². The first-order valence-corrected chi connectivity index (χ1v) is 6.97. The number of rotatable bonds is 6. The lowest BCUT2D eigenvalue weighted by atomic mass is 9.82. The van der Waals surface area contributed by atoms with Crippen molar-refractivity contribution in [3.8, 4) is 0 Å². The van der Waals surface area contributed by atoms with Crippen LogP contribution in [0.5, 0.6) is 0 Å². The molecular weight excluding hydrogens is 212 g/mol. The van der Waals surface area contributed by atoms with E-state index in [1.165, 1.54) is 0 Å². The number of nitrogens with one attached hydrogen (secondary N) is 2. The van der Waals surface area contributed by atoms with Gasteiger partial charge in [0.05, 0.1) is 13.2 Å². The Morgan fingerprint density at radius 1 is 1.29 bits per heavy atom. The molecule has 1 rings (SSSR count). The van der Waals surface area contributed by atoms with Crippen LogP contribution in [-0.2, 0) is 4.74 Å². The molecule has 3 heteroatoms. The molecule has 0 aliphatic carbocycles. The summed E-state index contributed by atoms with van der Waals surface area (Å²) in [6, 6.07) is 0.539. The molecule has 0 spiro atoms. The van der Waals surface area contributed by atoms with Crippen molar-refractivity contribution in [3.05, 3.63) is 0 Å². The fourth-order valence-electron chi connectivity index (χ4n) is 2.08. The monoisotopic (exact) mass is 242 g/mol. The van der Waals surface area contributed by atoms with Gasteiger partial charge in [0.15, 0.2) is 0 Å². The van der Waals surface area contributed by atoms with E-state index in [0.29, 0.717) is 23.3 Å². The van der Waals surface area contributed by atoms with E-state index in [-0.39, 0.29) is 0 Å². The van der Waals surface area contributed by atoms with Crippen LogP contribution >= 0.6 is 0 Å². The molecule has 0 bridgehead atoms. The van der Waals surface area contributed by atoms with E-state index in [0.717, 1.165) is 32.8 Å². The first kappa shape index (κ1) is 14.9. The SMILES string of the molecule is CCNC1COCC1CNCC(C)C(C)(C)C. The molecule has 1 aliphatic heterocycles. The van der Waals surface area contributed by atoms with Crippen molar-refractivity contribution >= 4 is 0 Å². The van der Waals surface area contributed by atoms with Gasteiger partial charge >= 0.3 is 0 Å². The first-order chi connectivity index (χ1) is 7.95. The molecule has 1 heterocycles. The molecule has 0 aromatic rings. The molecule has 1 aliphatic rings. The fourth-order valence-corrected chi connectivity index (χ4v) is 2.08. The van der Waals surface area contributed by atoms with Crippen LogP contribution in [0.4, 0.5) is 0 Å². The predicted octanol–water partition coefficient (Wildman–Crippen LogP) is 1.88. The Hall–Kier alpha value is -0.120. The summed E-state index contributed by atoms with van der Waals surface area (Å²) in [6.07, 6.45) is 0. The van der Waals surface area contributed by atoms with Gasteiger partial charge in [0.2, 0.25) is 0 Å². The summed E-state index contributed by atoms with van der Waals surface area (Å²) in [4.78, 5) is 0. The highest BCUT2D eigenvalue weighted by molar-refractivity contribution is 4.83. The number of likely N-dealkylation sites (N-methyl/N-ethyl adjacent to an activating group) is 1. The predicted molar refractivity (Wildman–Crippen MR) is 73.3 cm³/mol. The smallest absolute Gasteiger partial charge is 0.0623 e. The minimum atomic E-state index is 0.389. The fraction of sp³-hybridized carbons (Fsp3) is 1.00. The zero-order valence-corrected chi connectivity index (χ0v) is 12.2. The molecular formula is C14H30N2O. The molecule has 0 amide bonds. The van der Waals surface area contributed by atoms with Crippen molar-refractivity contribution in [1.82, 2.24) is 10.6 Å². The lowest BCUT2D eigenvalue weighted by molar-refractivity contribution is 0.181. The summed E-state index contributed by atoms with van der Waals surface area (Å²) in [6.45, 7) is 16.4. The molecule has 1 fully saturated rings. The van der Waals surface area contributed by atoms with E-state index in [9.17, 15) is 0 Å². The Bertz CT molecular complexity index is 213. The van der Waals surface area contributed by atoms with Crippen LogP contribution in [0, 0.1) is 17.3 Å². The first-order valence-electron chi connectivity index (χ1n) is 6.97. The van der Waals surface area contributed by atoms with Crippen molar-refractivity contribution in [1.29, 1.82) is 0 Å². The average Bonchev–Trinajstić information content (AvgIpc) is 2.65. The van der Waals surface area contributed by atoms with Gasteiger partial charge in [-0.3, -0.25) is 0 Å². The van der Waals surface area contributed by atoms with E-state index >= 15 is 0 Å². The zero-order chi connectivity index (χ0) is 12.9. The summed E-state index contributed by atoms with van der Waals surface area (Å²) in [5.41, 5.74) is 0.389. The molecule has 0 aromatic heterocycles. The Labute approximate surface area is 107 Å². The second kappa shape index (κ2) is 6.72. The maximum atomic E-state index is 5.54. The maximum Gasteiger partial charge on any atom is 0.0623 e. The quantitative estimate of drug-likeness (QED) is 0.746. The lowest BCUT2D eigenvalue weighted by Gasteiger charge is -2.28. The lowest BCUT2D eigenvalue weighted by Crippen LogP contribution is -2.41. The van der Waals surface area contributed by atoms with Crippen LogP contribution in [-0.4, -0.2) is 38.9 Å². The Morgan fingerprint density at radius 3 is 2.59 bits per heavy atom. The van der Waals surface area contributed by atoms with E-state index < -0.39 is 0 Å². The van der Waals surface area contributed by atoms with Crippen molar-refractivity contribution in [2.75, 3.05) is 32.8 Å². The van der Waals surface area contributed by atoms with Gasteiger partial charge in [-0.2, -0.15) is 0 Å².